The van der Waals surface area contributed by atoms with Crippen LogP contribution < -0.4 is 0 Å². The Bertz CT molecular complexity index is 303. The largest absolute Gasteiger partial charge is 0.460 e. The summed E-state index contributed by atoms with van der Waals surface area (Å²) in [4.78, 5) is 22.6. The Balaban J connectivity index is 2.44. The molecule has 13 heavy (non-hydrogen) atoms. The van der Waals surface area contributed by atoms with Crippen molar-refractivity contribution in [3.8, 4) is 0 Å². The number of hydrogen-bond donors (Lipinski definition) is 0. The highest BCUT2D eigenvalue weighted by atomic mass is 16.5. The number of carbonyl (C=O) groups excluding carboxylic acids is 2. The first-order valence-corrected chi connectivity index (χ1v) is 4.60. The molecule has 0 saturated carbocycles. The van der Waals surface area contributed by atoms with E-state index in [4.69, 9.17) is 4.74 Å². The van der Waals surface area contributed by atoms with Crippen molar-refractivity contribution in [1.29, 1.82) is 0 Å². The zero-order chi connectivity index (χ0) is 9.47. The van der Waals surface area contributed by atoms with Gasteiger partial charge in [0.2, 0.25) is 0 Å². The van der Waals surface area contributed by atoms with Gasteiger partial charge in [-0.3, -0.25) is 9.59 Å². The topological polar surface area (TPSA) is 43.4 Å². The van der Waals surface area contributed by atoms with Crippen molar-refractivity contribution >= 4 is 11.8 Å². The summed E-state index contributed by atoms with van der Waals surface area (Å²) in [6.45, 7) is 2.29. The average Bonchev–Trinajstić information content (AvgIpc) is 2.44. The third-order valence-corrected chi connectivity index (χ3v) is 3.10. The van der Waals surface area contributed by atoms with Gasteiger partial charge in [0.05, 0.1) is 5.41 Å². The second kappa shape index (κ2) is 2.69. The maximum Gasteiger partial charge on any atom is 0.316 e. The van der Waals surface area contributed by atoms with Crippen molar-refractivity contribution in [1.82, 2.24) is 0 Å². The molecule has 3 heteroatoms. The molecule has 1 saturated heterocycles. The second-order valence-corrected chi connectivity index (χ2v) is 3.65. The minimum atomic E-state index is -0.450. The number of carbonyl (C=O) groups is 2. The summed E-state index contributed by atoms with van der Waals surface area (Å²) in [5.41, 5.74) is 0.435. The van der Waals surface area contributed by atoms with E-state index in [1.165, 1.54) is 0 Å². The number of fused-ring (bicyclic) bond motifs is 1. The lowest BCUT2D eigenvalue weighted by Gasteiger charge is -2.27. The molecule has 1 heterocycles. The summed E-state index contributed by atoms with van der Waals surface area (Å²) in [5, 5.41) is 0. The van der Waals surface area contributed by atoms with Crippen molar-refractivity contribution in [2.45, 2.75) is 26.2 Å². The second-order valence-electron chi connectivity index (χ2n) is 3.65. The Kier molecular flexibility index (Phi) is 1.75. The van der Waals surface area contributed by atoms with Gasteiger partial charge in [0.15, 0.2) is 5.78 Å². The predicted octanol–water partition coefficient (Wildman–Crippen LogP) is 1.23. The first-order chi connectivity index (χ1) is 6.19. The summed E-state index contributed by atoms with van der Waals surface area (Å²) >= 11 is 0. The zero-order valence-electron chi connectivity index (χ0n) is 7.63. The zero-order valence-corrected chi connectivity index (χ0v) is 7.63. The quantitative estimate of drug-likeness (QED) is 0.570. The molecule has 70 valence electrons. The van der Waals surface area contributed by atoms with Gasteiger partial charge in [0, 0.05) is 6.42 Å². The van der Waals surface area contributed by atoms with Crippen LogP contribution in [0.1, 0.15) is 26.2 Å². The molecule has 0 radical (unpaired) electrons. The molecule has 0 aromatic carbocycles. The SMILES string of the molecule is CC[C@@]12CCC(=O)C=C1COC2=O. The Hall–Kier alpha value is -1.12. The van der Waals surface area contributed by atoms with E-state index < -0.39 is 5.41 Å². The lowest BCUT2D eigenvalue weighted by Crippen LogP contribution is -2.31. The van der Waals surface area contributed by atoms with Gasteiger partial charge in [-0.15, -0.1) is 0 Å². The van der Waals surface area contributed by atoms with Gasteiger partial charge < -0.3 is 4.74 Å². The van der Waals surface area contributed by atoms with E-state index in [1.54, 1.807) is 6.08 Å². The Morgan fingerprint density at radius 1 is 1.54 bits per heavy atom. The Morgan fingerprint density at radius 3 is 3.00 bits per heavy atom. The van der Waals surface area contributed by atoms with Crippen molar-refractivity contribution in [3.63, 3.8) is 0 Å². The van der Waals surface area contributed by atoms with Gasteiger partial charge in [0.1, 0.15) is 6.61 Å². The maximum absolute atomic E-state index is 11.5. The van der Waals surface area contributed by atoms with Gasteiger partial charge in [-0.2, -0.15) is 0 Å². The molecule has 2 aliphatic rings. The van der Waals surface area contributed by atoms with E-state index in [0.29, 0.717) is 19.4 Å². The predicted molar refractivity (Wildman–Crippen MR) is 46.0 cm³/mol. The van der Waals surface area contributed by atoms with Gasteiger partial charge >= 0.3 is 5.97 Å². The maximum atomic E-state index is 11.5. The highest BCUT2D eigenvalue weighted by Gasteiger charge is 2.48. The fourth-order valence-corrected chi connectivity index (χ4v) is 2.14. The minimum absolute atomic E-state index is 0.123. The molecule has 0 aromatic heterocycles. The van der Waals surface area contributed by atoms with Gasteiger partial charge in [0.25, 0.3) is 0 Å². The van der Waals surface area contributed by atoms with E-state index >= 15 is 0 Å². The number of ketones is 1. The van der Waals surface area contributed by atoms with Gasteiger partial charge in [-0.05, 0) is 24.5 Å². The van der Waals surface area contributed by atoms with Crippen molar-refractivity contribution in [2.24, 2.45) is 5.41 Å². The fourth-order valence-electron chi connectivity index (χ4n) is 2.14. The van der Waals surface area contributed by atoms with Crippen LogP contribution in [0, 0.1) is 5.41 Å². The molecule has 0 unspecified atom stereocenters. The molecular formula is C10H12O3. The van der Waals surface area contributed by atoms with E-state index in [-0.39, 0.29) is 11.8 Å². The van der Waals surface area contributed by atoms with Crippen LogP contribution >= 0.6 is 0 Å². The number of hydrogen-bond acceptors (Lipinski definition) is 3. The van der Waals surface area contributed by atoms with Crippen LogP contribution in [0.5, 0.6) is 0 Å². The molecule has 3 nitrogen and oxygen atoms in total. The van der Waals surface area contributed by atoms with E-state index in [1.807, 2.05) is 6.92 Å². The monoisotopic (exact) mass is 180 g/mol. The highest BCUT2D eigenvalue weighted by molar-refractivity contribution is 5.96. The molecule has 1 atom stereocenters. The van der Waals surface area contributed by atoms with Crippen LogP contribution in [0.25, 0.3) is 0 Å². The molecule has 0 spiro atoms. The van der Waals surface area contributed by atoms with Crippen LogP contribution in [-0.4, -0.2) is 18.4 Å². The minimum Gasteiger partial charge on any atom is -0.460 e. The van der Waals surface area contributed by atoms with E-state index in [9.17, 15) is 9.59 Å². The third-order valence-electron chi connectivity index (χ3n) is 3.10. The average molecular weight is 180 g/mol. The van der Waals surface area contributed by atoms with Crippen LogP contribution in [0.3, 0.4) is 0 Å². The number of esters is 1. The summed E-state index contributed by atoms with van der Waals surface area (Å²) < 4.78 is 4.98. The smallest absolute Gasteiger partial charge is 0.316 e. The van der Waals surface area contributed by atoms with Crippen molar-refractivity contribution < 1.29 is 14.3 Å². The number of rotatable bonds is 1. The number of ether oxygens (including phenoxy) is 1. The van der Waals surface area contributed by atoms with Gasteiger partial charge in [-0.25, -0.2) is 0 Å². The van der Waals surface area contributed by atoms with Crippen molar-refractivity contribution in [2.75, 3.05) is 6.61 Å². The third kappa shape index (κ3) is 1.03. The van der Waals surface area contributed by atoms with Crippen LogP contribution in [-0.2, 0) is 14.3 Å². The van der Waals surface area contributed by atoms with Gasteiger partial charge in [-0.1, -0.05) is 6.92 Å². The molecule has 0 amide bonds. The molecule has 1 fully saturated rings. The molecule has 0 bridgehead atoms. The Morgan fingerprint density at radius 2 is 2.31 bits per heavy atom. The lowest BCUT2D eigenvalue weighted by atomic mass is 9.72. The molecule has 0 N–H and O–H groups in total. The van der Waals surface area contributed by atoms with Crippen molar-refractivity contribution in [3.05, 3.63) is 11.6 Å². The first-order valence-electron chi connectivity index (χ1n) is 4.60. The molecule has 0 aromatic rings. The van der Waals surface area contributed by atoms with Crippen LogP contribution in [0.15, 0.2) is 11.6 Å². The normalized spacial score (nSPS) is 32.5. The molecule has 1 aliphatic heterocycles. The Labute approximate surface area is 76.8 Å². The van der Waals surface area contributed by atoms with Crippen LogP contribution in [0.4, 0.5) is 0 Å². The summed E-state index contributed by atoms with van der Waals surface area (Å²) in [6, 6.07) is 0. The van der Waals surface area contributed by atoms with E-state index in [2.05, 4.69) is 0 Å². The lowest BCUT2D eigenvalue weighted by molar-refractivity contribution is -0.146. The number of cyclic esters (lactones) is 1. The summed E-state index contributed by atoms with van der Waals surface area (Å²) in [6.07, 6.45) is 3.45. The molecule has 1 aliphatic carbocycles. The van der Waals surface area contributed by atoms with E-state index in [0.717, 1.165) is 12.0 Å². The fraction of sp³-hybridized carbons (Fsp3) is 0.600. The van der Waals surface area contributed by atoms with Crippen LogP contribution in [0.2, 0.25) is 0 Å². The summed E-state index contributed by atoms with van der Waals surface area (Å²) in [7, 11) is 0. The molecular weight excluding hydrogens is 168 g/mol. The first kappa shape index (κ1) is 8.48. The number of allylic oxidation sites excluding steroid dienone is 1. The summed E-state index contributed by atoms with van der Waals surface area (Å²) in [5.74, 6) is -0.0221. The standard InChI is InChI=1S/C10H12O3/c1-2-10-4-3-8(11)5-7(10)6-13-9(10)12/h5H,2-4,6H2,1H3/t10-/m1/s1. The molecule has 2 rings (SSSR count). The highest BCUT2D eigenvalue weighted by Crippen LogP contribution is 2.44.